The highest BCUT2D eigenvalue weighted by atomic mass is 79.9. The zero-order valence-electron chi connectivity index (χ0n) is 16.2. The van der Waals surface area contributed by atoms with Crippen LogP contribution in [-0.4, -0.2) is 65.5 Å². The van der Waals surface area contributed by atoms with Crippen LogP contribution in [0.2, 0.25) is 0 Å². The number of hydrogen-bond donors (Lipinski definition) is 0. The smallest absolute Gasteiger partial charge is 0.410 e. The van der Waals surface area contributed by atoms with Crippen molar-refractivity contribution in [1.29, 1.82) is 0 Å². The fourth-order valence-corrected chi connectivity index (χ4v) is 3.74. The van der Waals surface area contributed by atoms with Gasteiger partial charge < -0.3 is 19.4 Å². The summed E-state index contributed by atoms with van der Waals surface area (Å²) in [6, 6.07) is 3.91. The Labute approximate surface area is 168 Å². The van der Waals surface area contributed by atoms with Gasteiger partial charge in [0.1, 0.15) is 11.4 Å². The van der Waals surface area contributed by atoms with Crippen LogP contribution in [0, 0.1) is 5.92 Å². The van der Waals surface area contributed by atoms with Crippen LogP contribution >= 0.6 is 15.9 Å². The summed E-state index contributed by atoms with van der Waals surface area (Å²) in [7, 11) is 0. The predicted octanol–water partition coefficient (Wildman–Crippen LogP) is 2.89. The third-order valence-corrected chi connectivity index (χ3v) is 5.64. The lowest BCUT2D eigenvalue weighted by Crippen LogP contribution is -2.50. The first-order valence-electron chi connectivity index (χ1n) is 9.32. The molecule has 0 radical (unpaired) electrons. The van der Waals surface area contributed by atoms with E-state index in [2.05, 4.69) is 25.8 Å². The first kappa shape index (κ1) is 19.9. The van der Waals surface area contributed by atoms with Gasteiger partial charge in [-0.2, -0.15) is 0 Å². The molecule has 1 unspecified atom stereocenters. The monoisotopic (exact) mass is 438 g/mol. The van der Waals surface area contributed by atoms with Crippen molar-refractivity contribution in [2.45, 2.75) is 32.8 Å². The number of pyridine rings is 1. The molecule has 2 fully saturated rings. The Kier molecular flexibility index (Phi) is 5.93. The number of aromatic nitrogens is 1. The molecular weight excluding hydrogens is 412 g/mol. The third-order valence-electron chi connectivity index (χ3n) is 4.72. The van der Waals surface area contributed by atoms with Crippen LogP contribution in [-0.2, 0) is 9.53 Å². The molecule has 2 amide bonds. The average Bonchev–Trinajstić information content (AvgIpc) is 3.01. The molecular formula is C19H27BrN4O3. The molecule has 0 aliphatic carbocycles. The van der Waals surface area contributed by atoms with Crippen molar-refractivity contribution in [1.82, 2.24) is 9.88 Å². The van der Waals surface area contributed by atoms with E-state index in [1.165, 1.54) is 0 Å². The molecule has 2 aliphatic heterocycles. The van der Waals surface area contributed by atoms with Crippen molar-refractivity contribution < 1.29 is 14.3 Å². The minimum Gasteiger partial charge on any atom is -0.444 e. The number of carbonyl (C=O) groups excluding carboxylic acids is 2. The van der Waals surface area contributed by atoms with E-state index in [1.807, 2.05) is 37.8 Å². The van der Waals surface area contributed by atoms with Crippen molar-refractivity contribution >= 4 is 39.4 Å². The zero-order valence-corrected chi connectivity index (χ0v) is 17.7. The van der Waals surface area contributed by atoms with Gasteiger partial charge in [0.25, 0.3) is 0 Å². The molecule has 0 bridgehead atoms. The topological polar surface area (TPSA) is 66.0 Å². The summed E-state index contributed by atoms with van der Waals surface area (Å²) in [5.74, 6) is 1.38. The predicted molar refractivity (Wildman–Crippen MR) is 109 cm³/mol. The number of rotatable bonds is 3. The minimum atomic E-state index is -0.480. The summed E-state index contributed by atoms with van der Waals surface area (Å²) in [6.45, 7) is 8.98. The largest absolute Gasteiger partial charge is 0.444 e. The maximum Gasteiger partial charge on any atom is 0.410 e. The number of alkyl halides is 1. The Balaban J connectivity index is 1.56. The van der Waals surface area contributed by atoms with Crippen molar-refractivity contribution in [3.8, 4) is 0 Å². The van der Waals surface area contributed by atoms with Gasteiger partial charge in [-0.25, -0.2) is 9.78 Å². The fraction of sp³-hybridized carbons (Fsp3) is 0.632. The molecule has 1 aromatic heterocycles. The number of nitrogens with zero attached hydrogens (tertiary/aromatic N) is 4. The average molecular weight is 439 g/mol. The molecule has 148 valence electrons. The Morgan fingerprint density at radius 3 is 2.48 bits per heavy atom. The number of halogens is 1. The highest BCUT2D eigenvalue weighted by molar-refractivity contribution is 9.09. The van der Waals surface area contributed by atoms with E-state index >= 15 is 0 Å². The Morgan fingerprint density at radius 1 is 1.26 bits per heavy atom. The molecule has 0 saturated carbocycles. The van der Waals surface area contributed by atoms with Gasteiger partial charge >= 0.3 is 6.09 Å². The number of carbonyl (C=O) groups is 2. The SMILES string of the molecule is CC(C)(C)OC(=O)N1CCN(c2ccc(N3CC(CBr)CC3=O)cn2)CC1. The Hall–Kier alpha value is -1.83. The van der Waals surface area contributed by atoms with Gasteiger partial charge in [0.15, 0.2) is 0 Å². The molecule has 8 heteroatoms. The van der Waals surface area contributed by atoms with Gasteiger partial charge in [-0.1, -0.05) is 15.9 Å². The summed E-state index contributed by atoms with van der Waals surface area (Å²) < 4.78 is 5.43. The van der Waals surface area contributed by atoms with Crippen LogP contribution in [0.15, 0.2) is 18.3 Å². The lowest BCUT2D eigenvalue weighted by Gasteiger charge is -2.36. The molecule has 0 spiro atoms. The normalized spacial score (nSPS) is 21.0. The second-order valence-corrected chi connectivity index (χ2v) is 8.71. The molecule has 7 nitrogen and oxygen atoms in total. The van der Waals surface area contributed by atoms with E-state index in [-0.39, 0.29) is 12.0 Å². The first-order valence-corrected chi connectivity index (χ1v) is 10.4. The summed E-state index contributed by atoms with van der Waals surface area (Å²) in [4.78, 5) is 34.5. The van der Waals surface area contributed by atoms with Crippen molar-refractivity contribution in [3.63, 3.8) is 0 Å². The summed E-state index contributed by atoms with van der Waals surface area (Å²) in [5, 5.41) is 0.836. The molecule has 2 aliphatic rings. The molecule has 2 saturated heterocycles. The number of hydrogen-bond acceptors (Lipinski definition) is 5. The van der Waals surface area contributed by atoms with Crippen LogP contribution < -0.4 is 9.80 Å². The Morgan fingerprint density at radius 2 is 1.96 bits per heavy atom. The first-order chi connectivity index (χ1) is 12.8. The molecule has 1 atom stereocenters. The van der Waals surface area contributed by atoms with E-state index < -0.39 is 5.60 Å². The van der Waals surface area contributed by atoms with E-state index in [0.29, 0.717) is 38.5 Å². The number of ether oxygens (including phenoxy) is 1. The molecule has 0 N–H and O–H groups in total. The summed E-state index contributed by atoms with van der Waals surface area (Å²) in [5.41, 5.74) is 0.367. The van der Waals surface area contributed by atoms with Crippen LogP contribution in [0.5, 0.6) is 0 Å². The van der Waals surface area contributed by atoms with E-state index in [1.54, 1.807) is 11.1 Å². The van der Waals surface area contributed by atoms with Gasteiger partial charge in [0, 0.05) is 44.5 Å². The summed E-state index contributed by atoms with van der Waals surface area (Å²) in [6.07, 6.45) is 2.09. The van der Waals surface area contributed by atoms with Crippen LogP contribution in [0.1, 0.15) is 27.2 Å². The van der Waals surface area contributed by atoms with E-state index in [4.69, 9.17) is 4.74 Å². The number of piperazine rings is 1. The zero-order chi connectivity index (χ0) is 19.6. The lowest BCUT2D eigenvalue weighted by atomic mass is 10.2. The molecule has 0 aromatic carbocycles. The van der Waals surface area contributed by atoms with Crippen LogP contribution in [0.25, 0.3) is 0 Å². The molecule has 3 heterocycles. The van der Waals surface area contributed by atoms with E-state index in [0.717, 1.165) is 23.4 Å². The van der Waals surface area contributed by atoms with Crippen LogP contribution in [0.3, 0.4) is 0 Å². The maximum atomic E-state index is 12.2. The Bertz CT molecular complexity index is 681. The second kappa shape index (κ2) is 8.04. The maximum absolute atomic E-state index is 12.2. The van der Waals surface area contributed by atoms with Gasteiger partial charge in [-0.3, -0.25) is 4.79 Å². The minimum absolute atomic E-state index is 0.153. The standard InChI is InChI=1S/C19H27BrN4O3/c1-19(2,3)27-18(26)23-8-6-22(7-9-23)16-5-4-15(12-21-16)24-13-14(11-20)10-17(24)25/h4-5,12,14H,6-11,13H2,1-3H3. The number of amides is 2. The second-order valence-electron chi connectivity index (χ2n) is 8.06. The highest BCUT2D eigenvalue weighted by Crippen LogP contribution is 2.27. The van der Waals surface area contributed by atoms with Gasteiger partial charge in [-0.15, -0.1) is 0 Å². The summed E-state index contributed by atoms with van der Waals surface area (Å²) >= 11 is 3.46. The van der Waals surface area contributed by atoms with Crippen LogP contribution in [0.4, 0.5) is 16.3 Å². The van der Waals surface area contributed by atoms with Gasteiger partial charge in [-0.05, 0) is 38.8 Å². The highest BCUT2D eigenvalue weighted by Gasteiger charge is 2.30. The third kappa shape index (κ3) is 4.91. The van der Waals surface area contributed by atoms with Crippen molar-refractivity contribution in [2.75, 3.05) is 47.9 Å². The fourth-order valence-electron chi connectivity index (χ4n) is 3.30. The quantitative estimate of drug-likeness (QED) is 0.678. The van der Waals surface area contributed by atoms with Gasteiger partial charge in [0.05, 0.1) is 11.9 Å². The lowest BCUT2D eigenvalue weighted by molar-refractivity contribution is -0.117. The molecule has 27 heavy (non-hydrogen) atoms. The van der Waals surface area contributed by atoms with E-state index in [9.17, 15) is 9.59 Å². The van der Waals surface area contributed by atoms with Crippen molar-refractivity contribution in [3.05, 3.63) is 18.3 Å². The molecule has 3 rings (SSSR count). The van der Waals surface area contributed by atoms with Gasteiger partial charge in [0.2, 0.25) is 5.91 Å². The van der Waals surface area contributed by atoms with Crippen molar-refractivity contribution in [2.24, 2.45) is 5.92 Å². The molecule has 1 aromatic rings. The number of anilines is 2.